The Labute approximate surface area is 134 Å². The molecule has 2 unspecified atom stereocenters. The fourth-order valence-corrected chi connectivity index (χ4v) is 3.00. The van der Waals surface area contributed by atoms with Gasteiger partial charge in [0.15, 0.2) is 0 Å². The predicted molar refractivity (Wildman–Crippen MR) is 98.4 cm³/mol. The molecule has 0 amide bonds. The van der Waals surface area contributed by atoms with Crippen molar-refractivity contribution in [3.63, 3.8) is 0 Å². The molecular formula is C21H19P. The van der Waals surface area contributed by atoms with Gasteiger partial charge in [-0.2, -0.15) is 0 Å². The van der Waals surface area contributed by atoms with Gasteiger partial charge in [-0.1, -0.05) is 54.9 Å². The largest absolute Gasteiger partial charge is 0.125 e. The fourth-order valence-electron chi connectivity index (χ4n) is 2.90. The van der Waals surface area contributed by atoms with Gasteiger partial charge in [0, 0.05) is 29.6 Å². The maximum atomic E-state index is 3.22. The molecule has 0 nitrogen and oxygen atoms in total. The standard InChI is InChI=1S/C21H19P/c1-2-3-5-16-7-11-20-18(14-16)9-10-19-15-17(6-4-13-22)8-12-21(19)20/h7-9,11-12,14-15,19H,2,10,13,22H2,1H3. The molecule has 0 fully saturated rings. The van der Waals surface area contributed by atoms with Crippen LogP contribution in [0, 0.1) is 29.6 Å². The average molecular weight is 302 g/mol. The van der Waals surface area contributed by atoms with E-state index in [1.165, 1.54) is 16.0 Å². The first kappa shape index (κ1) is 14.9. The van der Waals surface area contributed by atoms with Crippen molar-refractivity contribution in [2.24, 2.45) is 5.92 Å². The second kappa shape index (κ2) is 6.83. The van der Waals surface area contributed by atoms with Gasteiger partial charge in [-0.25, -0.2) is 0 Å². The van der Waals surface area contributed by atoms with Gasteiger partial charge in [0.1, 0.15) is 0 Å². The van der Waals surface area contributed by atoms with Gasteiger partial charge in [0.25, 0.3) is 0 Å². The minimum absolute atomic E-state index is 0.457. The van der Waals surface area contributed by atoms with Gasteiger partial charge in [0.05, 0.1) is 0 Å². The number of allylic oxidation sites excluding steroid dienone is 4. The quantitative estimate of drug-likeness (QED) is 0.511. The van der Waals surface area contributed by atoms with E-state index < -0.39 is 0 Å². The van der Waals surface area contributed by atoms with Crippen LogP contribution in [-0.2, 0) is 0 Å². The molecule has 22 heavy (non-hydrogen) atoms. The Balaban J connectivity index is 2.03. The van der Waals surface area contributed by atoms with Crippen molar-refractivity contribution in [2.75, 3.05) is 6.16 Å². The highest BCUT2D eigenvalue weighted by Crippen LogP contribution is 2.26. The van der Waals surface area contributed by atoms with Gasteiger partial charge < -0.3 is 0 Å². The Morgan fingerprint density at radius 1 is 1.18 bits per heavy atom. The maximum Gasteiger partial charge on any atom is 0.0251 e. The summed E-state index contributed by atoms with van der Waals surface area (Å²) in [6.45, 7) is 2.08. The molecule has 1 aromatic rings. The maximum absolute atomic E-state index is 3.22. The normalized spacial score (nSPS) is 17.8. The van der Waals surface area contributed by atoms with Crippen LogP contribution in [-0.4, -0.2) is 6.16 Å². The molecule has 0 radical (unpaired) electrons. The van der Waals surface area contributed by atoms with E-state index >= 15 is 0 Å². The minimum atomic E-state index is 0.457. The second-order valence-electron chi connectivity index (χ2n) is 5.42. The lowest BCUT2D eigenvalue weighted by Crippen LogP contribution is -2.32. The van der Waals surface area contributed by atoms with Crippen LogP contribution in [0.15, 0.2) is 42.0 Å². The van der Waals surface area contributed by atoms with Gasteiger partial charge in [-0.05, 0) is 40.6 Å². The Hall–Kier alpha value is -2.01. The first-order chi connectivity index (χ1) is 10.8. The van der Waals surface area contributed by atoms with Crippen molar-refractivity contribution in [2.45, 2.75) is 19.8 Å². The molecular weight excluding hydrogens is 283 g/mol. The Kier molecular flexibility index (Phi) is 4.63. The first-order valence-corrected chi connectivity index (χ1v) is 8.55. The monoisotopic (exact) mass is 302 g/mol. The molecule has 0 aromatic heterocycles. The van der Waals surface area contributed by atoms with Crippen LogP contribution in [0.5, 0.6) is 0 Å². The van der Waals surface area contributed by atoms with Crippen molar-refractivity contribution in [3.8, 4) is 23.7 Å². The van der Waals surface area contributed by atoms with E-state index in [1.807, 2.05) is 0 Å². The van der Waals surface area contributed by atoms with Gasteiger partial charge in [-0.3, -0.25) is 0 Å². The second-order valence-corrected chi connectivity index (χ2v) is 5.83. The summed E-state index contributed by atoms with van der Waals surface area (Å²) >= 11 is 0. The van der Waals surface area contributed by atoms with Crippen LogP contribution in [0.25, 0.3) is 11.6 Å². The molecule has 0 N–H and O–H groups in total. The topological polar surface area (TPSA) is 0 Å². The predicted octanol–water partition coefficient (Wildman–Crippen LogP) is 2.77. The Morgan fingerprint density at radius 3 is 2.91 bits per heavy atom. The number of rotatable bonds is 0. The van der Waals surface area contributed by atoms with Crippen LogP contribution in [0.4, 0.5) is 0 Å². The minimum Gasteiger partial charge on any atom is -0.125 e. The molecule has 1 heteroatoms. The van der Waals surface area contributed by atoms with Gasteiger partial charge in [-0.15, -0.1) is 9.24 Å². The first-order valence-electron chi connectivity index (χ1n) is 7.74. The van der Waals surface area contributed by atoms with Gasteiger partial charge in [0.2, 0.25) is 0 Å². The van der Waals surface area contributed by atoms with E-state index in [0.717, 1.165) is 30.1 Å². The van der Waals surface area contributed by atoms with Crippen LogP contribution in [0.2, 0.25) is 0 Å². The van der Waals surface area contributed by atoms with Crippen molar-refractivity contribution in [1.82, 2.24) is 0 Å². The summed E-state index contributed by atoms with van der Waals surface area (Å²) in [5, 5.41) is 2.65. The van der Waals surface area contributed by atoms with Gasteiger partial charge >= 0.3 is 0 Å². The third kappa shape index (κ3) is 3.09. The molecule has 0 saturated heterocycles. The SMILES string of the molecule is CCC#Cc1ccc2c(c1)=CCC1C=C(C#CCP)C=CC=21. The highest BCUT2D eigenvalue weighted by molar-refractivity contribution is 7.16. The Bertz CT molecular complexity index is 889. The molecule has 0 aliphatic heterocycles. The number of benzene rings is 1. The lowest BCUT2D eigenvalue weighted by Gasteiger charge is -2.20. The van der Waals surface area contributed by atoms with Crippen LogP contribution in [0.1, 0.15) is 25.3 Å². The van der Waals surface area contributed by atoms with Crippen molar-refractivity contribution in [1.29, 1.82) is 0 Å². The highest BCUT2D eigenvalue weighted by atomic mass is 31.0. The van der Waals surface area contributed by atoms with E-state index in [9.17, 15) is 0 Å². The van der Waals surface area contributed by atoms with Crippen molar-refractivity contribution < 1.29 is 0 Å². The molecule has 2 atom stereocenters. The van der Waals surface area contributed by atoms with Crippen LogP contribution >= 0.6 is 9.24 Å². The summed E-state index contributed by atoms with van der Waals surface area (Å²) in [7, 11) is 2.64. The zero-order chi connectivity index (χ0) is 15.4. The lowest BCUT2D eigenvalue weighted by molar-refractivity contribution is 0.859. The summed E-state index contributed by atoms with van der Waals surface area (Å²) in [4.78, 5) is 0. The fraction of sp³-hybridized carbons (Fsp3) is 0.238. The summed E-state index contributed by atoms with van der Waals surface area (Å²) in [5.74, 6) is 13.2. The van der Waals surface area contributed by atoms with E-state index in [0.29, 0.717) is 5.92 Å². The van der Waals surface area contributed by atoms with Crippen LogP contribution in [0.3, 0.4) is 0 Å². The molecule has 1 aromatic carbocycles. The van der Waals surface area contributed by atoms with E-state index in [1.54, 1.807) is 0 Å². The third-order valence-corrected chi connectivity index (χ3v) is 4.13. The van der Waals surface area contributed by atoms with E-state index in [4.69, 9.17) is 0 Å². The van der Waals surface area contributed by atoms with Crippen LogP contribution < -0.4 is 10.4 Å². The third-order valence-electron chi connectivity index (χ3n) is 3.92. The molecule has 2 aliphatic rings. The highest BCUT2D eigenvalue weighted by Gasteiger charge is 2.16. The lowest BCUT2D eigenvalue weighted by atomic mass is 9.83. The Morgan fingerprint density at radius 2 is 2.09 bits per heavy atom. The van der Waals surface area contributed by atoms with E-state index in [2.05, 4.69) is 82.3 Å². The summed E-state index contributed by atoms with van der Waals surface area (Å²) in [6, 6.07) is 6.55. The van der Waals surface area contributed by atoms with Crippen molar-refractivity contribution >= 4 is 20.9 Å². The molecule has 108 valence electrons. The molecule has 0 spiro atoms. The molecule has 3 rings (SSSR count). The molecule has 0 heterocycles. The average Bonchev–Trinajstić information content (AvgIpc) is 2.57. The summed E-state index contributed by atoms with van der Waals surface area (Å²) in [5.41, 5.74) is 3.65. The zero-order valence-corrected chi connectivity index (χ0v) is 14.0. The number of hydrogen-bond acceptors (Lipinski definition) is 0. The smallest absolute Gasteiger partial charge is 0.0251 e. The molecule has 0 bridgehead atoms. The zero-order valence-electron chi connectivity index (χ0n) is 12.8. The molecule has 2 aliphatic carbocycles. The number of hydrogen-bond donors (Lipinski definition) is 0. The summed E-state index contributed by atoms with van der Waals surface area (Å²) in [6.07, 6.45) is 11.8. The molecule has 0 saturated carbocycles. The number of fused-ring (bicyclic) bond motifs is 2. The van der Waals surface area contributed by atoms with Crippen molar-refractivity contribution in [3.05, 3.63) is 58.0 Å². The van der Waals surface area contributed by atoms with E-state index in [-0.39, 0.29) is 0 Å². The summed E-state index contributed by atoms with van der Waals surface area (Å²) < 4.78 is 0.